The average Bonchev–Trinajstić information content (AvgIpc) is 2.63. The number of nitrogens with zero attached hydrogens (tertiary/aromatic N) is 2. The molecule has 2 aromatic rings. The highest BCUT2D eigenvalue weighted by atomic mass is 32.2. The highest BCUT2D eigenvalue weighted by Gasteiger charge is 2.25. The molecule has 0 aliphatic carbocycles. The van der Waals surface area contributed by atoms with Gasteiger partial charge in [-0.25, -0.2) is 13.5 Å². The molecular weight excluding hydrogens is 344 g/mol. The number of aromatic nitrogens is 2. The summed E-state index contributed by atoms with van der Waals surface area (Å²) in [6, 6.07) is 8.51. The molecule has 9 heteroatoms. The maximum absolute atomic E-state index is 12.6. The predicted octanol–water partition coefficient (Wildman–Crippen LogP) is 1.20. The summed E-state index contributed by atoms with van der Waals surface area (Å²) in [4.78, 5) is 23.2. The zero-order valence-corrected chi connectivity index (χ0v) is 14.3. The zero-order chi connectivity index (χ0) is 17.9. The molecule has 3 rings (SSSR count). The number of hydrogen-bond acceptors (Lipinski definition) is 5. The first kappa shape index (κ1) is 17.3. The Morgan fingerprint density at radius 3 is 2.32 bits per heavy atom. The van der Waals surface area contributed by atoms with Crippen molar-refractivity contribution >= 4 is 21.6 Å². The summed E-state index contributed by atoms with van der Waals surface area (Å²) in [6.45, 7) is 1.08. The minimum Gasteiger partial charge on any atom is -0.321 e. The van der Waals surface area contributed by atoms with E-state index >= 15 is 0 Å². The van der Waals surface area contributed by atoms with Gasteiger partial charge in [0.25, 0.3) is 11.5 Å². The SMILES string of the molecule is O=C(Nc1ccc(S(=O)(=O)N2CCCCC2)cc1)c1ccc(=O)[nH]n1. The Morgan fingerprint density at radius 1 is 1.04 bits per heavy atom. The summed E-state index contributed by atoms with van der Waals surface area (Å²) in [5, 5.41) is 8.42. The Hall–Kier alpha value is -2.52. The van der Waals surface area contributed by atoms with Crippen molar-refractivity contribution in [2.24, 2.45) is 0 Å². The lowest BCUT2D eigenvalue weighted by Crippen LogP contribution is -2.35. The zero-order valence-electron chi connectivity index (χ0n) is 13.4. The summed E-state index contributed by atoms with van der Waals surface area (Å²) in [6.07, 6.45) is 2.80. The van der Waals surface area contributed by atoms with Crippen LogP contribution in [0.1, 0.15) is 29.8 Å². The van der Waals surface area contributed by atoms with E-state index in [0.717, 1.165) is 19.3 Å². The second-order valence-corrected chi connectivity index (χ2v) is 7.69. The van der Waals surface area contributed by atoms with Crippen LogP contribution in [-0.2, 0) is 10.0 Å². The molecule has 0 spiro atoms. The molecule has 0 bridgehead atoms. The Labute approximate surface area is 144 Å². The molecule has 1 aliphatic heterocycles. The van der Waals surface area contributed by atoms with Crippen molar-refractivity contribution in [1.82, 2.24) is 14.5 Å². The monoisotopic (exact) mass is 362 g/mol. The normalized spacial score (nSPS) is 15.7. The van der Waals surface area contributed by atoms with E-state index in [4.69, 9.17) is 0 Å². The van der Waals surface area contributed by atoms with Crippen molar-refractivity contribution in [3.8, 4) is 0 Å². The lowest BCUT2D eigenvalue weighted by atomic mass is 10.2. The number of sulfonamides is 1. The first-order valence-electron chi connectivity index (χ1n) is 7.94. The third-order valence-electron chi connectivity index (χ3n) is 3.98. The van der Waals surface area contributed by atoms with Gasteiger partial charge in [0, 0.05) is 24.8 Å². The molecule has 8 nitrogen and oxygen atoms in total. The Morgan fingerprint density at radius 2 is 1.72 bits per heavy atom. The predicted molar refractivity (Wildman–Crippen MR) is 91.9 cm³/mol. The van der Waals surface area contributed by atoms with E-state index < -0.39 is 21.5 Å². The summed E-state index contributed by atoms with van der Waals surface area (Å²) in [5.74, 6) is -0.497. The number of amides is 1. The minimum absolute atomic E-state index is 0.0598. The number of carbonyl (C=O) groups is 1. The molecule has 0 saturated carbocycles. The molecule has 1 aliphatic rings. The molecule has 0 atom stereocenters. The fourth-order valence-corrected chi connectivity index (χ4v) is 4.15. The van der Waals surface area contributed by atoms with Crippen LogP contribution in [0.3, 0.4) is 0 Å². The van der Waals surface area contributed by atoms with Crippen molar-refractivity contribution in [3.63, 3.8) is 0 Å². The minimum atomic E-state index is -3.50. The second-order valence-electron chi connectivity index (χ2n) is 5.75. The van der Waals surface area contributed by atoms with Crippen molar-refractivity contribution < 1.29 is 13.2 Å². The fraction of sp³-hybridized carbons (Fsp3) is 0.312. The number of rotatable bonds is 4. The second kappa shape index (κ2) is 7.16. The molecule has 0 unspecified atom stereocenters. The third-order valence-corrected chi connectivity index (χ3v) is 5.89. The quantitative estimate of drug-likeness (QED) is 0.849. The van der Waals surface area contributed by atoms with E-state index in [9.17, 15) is 18.0 Å². The number of carbonyl (C=O) groups excluding carboxylic acids is 1. The van der Waals surface area contributed by atoms with E-state index in [2.05, 4.69) is 15.5 Å². The van der Waals surface area contributed by atoms with Crippen LogP contribution in [0.15, 0.2) is 46.1 Å². The first-order chi connectivity index (χ1) is 12.0. The van der Waals surface area contributed by atoms with E-state index in [-0.39, 0.29) is 10.6 Å². The number of benzene rings is 1. The van der Waals surface area contributed by atoms with Gasteiger partial charge in [-0.05, 0) is 43.2 Å². The first-order valence-corrected chi connectivity index (χ1v) is 9.38. The molecule has 132 valence electrons. The molecular formula is C16H18N4O4S. The van der Waals surface area contributed by atoms with E-state index in [1.807, 2.05) is 0 Å². The lowest BCUT2D eigenvalue weighted by Gasteiger charge is -2.25. The van der Waals surface area contributed by atoms with Crippen molar-refractivity contribution in [2.45, 2.75) is 24.2 Å². The maximum atomic E-state index is 12.6. The lowest BCUT2D eigenvalue weighted by molar-refractivity contribution is 0.102. The molecule has 2 N–H and O–H groups in total. The number of nitrogens with one attached hydrogen (secondary N) is 2. The van der Waals surface area contributed by atoms with Gasteiger partial charge in [0.2, 0.25) is 10.0 Å². The Bertz CT molecular complexity index is 895. The molecule has 25 heavy (non-hydrogen) atoms. The molecule has 1 fully saturated rings. The van der Waals surface area contributed by atoms with E-state index in [0.29, 0.717) is 18.8 Å². The van der Waals surface area contributed by atoms with Crippen LogP contribution in [0.5, 0.6) is 0 Å². The highest BCUT2D eigenvalue weighted by Crippen LogP contribution is 2.22. The number of H-pyrrole nitrogens is 1. The van der Waals surface area contributed by atoms with Gasteiger partial charge in [0.05, 0.1) is 4.90 Å². The van der Waals surface area contributed by atoms with Crippen LogP contribution in [0.2, 0.25) is 0 Å². The molecule has 0 radical (unpaired) electrons. The molecule has 1 aromatic carbocycles. The molecule has 1 aromatic heterocycles. The Kier molecular flexibility index (Phi) is 4.95. The summed E-state index contributed by atoms with van der Waals surface area (Å²) < 4.78 is 26.6. The number of hydrogen-bond donors (Lipinski definition) is 2. The van der Waals surface area contributed by atoms with E-state index in [1.165, 1.54) is 40.7 Å². The highest BCUT2D eigenvalue weighted by molar-refractivity contribution is 7.89. The van der Waals surface area contributed by atoms with Gasteiger partial charge in [-0.15, -0.1) is 0 Å². The van der Waals surface area contributed by atoms with Gasteiger partial charge in [-0.1, -0.05) is 6.42 Å². The van der Waals surface area contributed by atoms with Crippen molar-refractivity contribution in [3.05, 3.63) is 52.4 Å². The van der Waals surface area contributed by atoms with Crippen LogP contribution in [0.25, 0.3) is 0 Å². The topological polar surface area (TPSA) is 112 Å². The summed E-state index contributed by atoms with van der Waals surface area (Å²) in [5.41, 5.74) is 0.101. The standard InChI is InChI=1S/C16H18N4O4S/c21-15-9-8-14(18-19-15)16(22)17-12-4-6-13(7-5-12)25(23,24)20-10-2-1-3-11-20/h4-9H,1-3,10-11H2,(H,17,22)(H,19,21). The largest absolute Gasteiger partial charge is 0.321 e. The molecule has 2 heterocycles. The van der Waals surface area contributed by atoms with Crippen LogP contribution >= 0.6 is 0 Å². The molecule has 1 amide bonds. The summed E-state index contributed by atoms with van der Waals surface area (Å²) >= 11 is 0. The van der Waals surface area contributed by atoms with Gasteiger partial charge in [-0.3, -0.25) is 9.59 Å². The number of piperidine rings is 1. The van der Waals surface area contributed by atoms with Gasteiger partial charge in [0.15, 0.2) is 0 Å². The van der Waals surface area contributed by atoms with Crippen LogP contribution in [0, 0.1) is 0 Å². The van der Waals surface area contributed by atoms with Gasteiger partial charge < -0.3 is 5.32 Å². The van der Waals surface area contributed by atoms with Gasteiger partial charge >= 0.3 is 0 Å². The van der Waals surface area contributed by atoms with Gasteiger partial charge in [0.1, 0.15) is 5.69 Å². The fourth-order valence-electron chi connectivity index (χ4n) is 2.63. The van der Waals surface area contributed by atoms with E-state index in [1.54, 1.807) is 0 Å². The van der Waals surface area contributed by atoms with Crippen LogP contribution < -0.4 is 10.9 Å². The smallest absolute Gasteiger partial charge is 0.276 e. The van der Waals surface area contributed by atoms with Crippen molar-refractivity contribution in [2.75, 3.05) is 18.4 Å². The van der Waals surface area contributed by atoms with Crippen LogP contribution in [-0.4, -0.2) is 41.9 Å². The average molecular weight is 362 g/mol. The summed E-state index contributed by atoms with van der Waals surface area (Å²) in [7, 11) is -3.50. The van der Waals surface area contributed by atoms with Crippen molar-refractivity contribution in [1.29, 1.82) is 0 Å². The van der Waals surface area contributed by atoms with Crippen LogP contribution in [0.4, 0.5) is 5.69 Å². The maximum Gasteiger partial charge on any atom is 0.276 e. The number of aromatic amines is 1. The Balaban J connectivity index is 1.72. The third kappa shape index (κ3) is 3.94. The van der Waals surface area contributed by atoms with Gasteiger partial charge in [-0.2, -0.15) is 9.40 Å². The number of anilines is 1. The molecule has 1 saturated heterocycles.